The predicted molar refractivity (Wildman–Crippen MR) is 85.0 cm³/mol. The normalized spacial score (nSPS) is 30.3. The predicted octanol–water partition coefficient (Wildman–Crippen LogP) is -0.852. The minimum Gasteiger partial charge on any atom is -0.394 e. The Balaban J connectivity index is 2.37. The van der Waals surface area contributed by atoms with E-state index in [0.717, 1.165) is 4.57 Å². The molecule has 1 fully saturated rings. The maximum Gasteiger partial charge on any atom is 0.330 e. The van der Waals surface area contributed by atoms with Crippen molar-refractivity contribution < 1.29 is 24.0 Å². The molecule has 1 aliphatic rings. The van der Waals surface area contributed by atoms with Crippen molar-refractivity contribution in [3.63, 3.8) is 0 Å². The van der Waals surface area contributed by atoms with Crippen LogP contribution in [-0.2, 0) is 25.8 Å². The summed E-state index contributed by atoms with van der Waals surface area (Å²) in [5.74, 6) is 0. The summed E-state index contributed by atoms with van der Waals surface area (Å²) in [4.78, 5) is 35.3. The fraction of sp³-hybridized carbons (Fsp3) is 0.667. The highest BCUT2D eigenvalue weighted by atomic mass is 32.5. The topological polar surface area (TPSA) is 123 Å². The zero-order valence-corrected chi connectivity index (χ0v) is 14.3. The van der Waals surface area contributed by atoms with Crippen molar-refractivity contribution >= 4 is 18.3 Å². The van der Waals surface area contributed by atoms with E-state index >= 15 is 0 Å². The maximum absolute atomic E-state index is 11.9. The van der Waals surface area contributed by atoms with Crippen LogP contribution in [0, 0.1) is 0 Å². The lowest BCUT2D eigenvalue weighted by atomic mass is 10.1. The van der Waals surface area contributed by atoms with Gasteiger partial charge in [-0.3, -0.25) is 14.3 Å². The van der Waals surface area contributed by atoms with E-state index in [2.05, 4.69) is 4.98 Å². The second-order valence-electron chi connectivity index (χ2n) is 4.99. The van der Waals surface area contributed by atoms with E-state index in [9.17, 15) is 19.6 Å². The molecule has 2 heterocycles. The van der Waals surface area contributed by atoms with Crippen LogP contribution < -0.4 is 11.2 Å². The van der Waals surface area contributed by atoms with Crippen LogP contribution in [0.25, 0.3) is 0 Å². The van der Waals surface area contributed by atoms with Gasteiger partial charge >= 0.3 is 5.69 Å². The number of aliphatic hydroxyl groups is 1. The van der Waals surface area contributed by atoms with Gasteiger partial charge in [0.2, 0.25) is 0 Å². The number of nitrogens with zero attached hydrogens (tertiary/aromatic N) is 1. The van der Waals surface area contributed by atoms with Crippen molar-refractivity contribution in [3.8, 4) is 0 Å². The summed E-state index contributed by atoms with van der Waals surface area (Å²) >= 11 is 5.02. The fourth-order valence-corrected chi connectivity index (χ4v) is 3.43. The standard InChI is InChI=1S/C12H19N2O7PS/c1-3-22(18,23)21-9-7(6-15)20-11(10(9)19-2)14-5-4-8(16)13-12(14)17/h4-5,7,9-11,15H,3,6H2,1-2H3,(H,18,23)(H,13,16,17)/t7-,9-,10-,11-,22?/m1/s1. The van der Waals surface area contributed by atoms with Gasteiger partial charge < -0.3 is 24.0 Å². The molecule has 130 valence electrons. The molecule has 0 bridgehead atoms. The Morgan fingerprint density at radius 1 is 1.48 bits per heavy atom. The Kier molecular flexibility index (Phi) is 5.90. The molecule has 1 aromatic heterocycles. The summed E-state index contributed by atoms with van der Waals surface area (Å²) < 4.78 is 17.7. The minimum atomic E-state index is -3.04. The zero-order chi connectivity index (χ0) is 17.2. The van der Waals surface area contributed by atoms with E-state index in [1.54, 1.807) is 6.92 Å². The molecule has 0 aliphatic carbocycles. The van der Waals surface area contributed by atoms with Crippen LogP contribution in [0.15, 0.2) is 21.9 Å². The molecule has 23 heavy (non-hydrogen) atoms. The van der Waals surface area contributed by atoms with E-state index in [0.29, 0.717) is 0 Å². The SMILES string of the molecule is CCP(O)(=S)O[C@H]1[C@@H](OC)[C@H](n2ccc(=O)[nH]c2=O)O[C@@H]1CO. The first-order valence-corrected chi connectivity index (χ1v) is 9.79. The summed E-state index contributed by atoms with van der Waals surface area (Å²) in [7, 11) is 1.39. The lowest BCUT2D eigenvalue weighted by molar-refractivity contribution is -0.0625. The third-order valence-corrected chi connectivity index (χ3v) is 5.95. The number of methoxy groups -OCH3 is 1. The molecule has 0 saturated carbocycles. The van der Waals surface area contributed by atoms with Gasteiger partial charge in [0.05, 0.1) is 6.61 Å². The molecule has 0 amide bonds. The molecule has 1 saturated heterocycles. The van der Waals surface area contributed by atoms with Gasteiger partial charge in [0.25, 0.3) is 5.56 Å². The molecule has 1 unspecified atom stereocenters. The monoisotopic (exact) mass is 366 g/mol. The minimum absolute atomic E-state index is 0.247. The van der Waals surface area contributed by atoms with Crippen LogP contribution in [0.5, 0.6) is 0 Å². The van der Waals surface area contributed by atoms with Crippen molar-refractivity contribution in [2.75, 3.05) is 19.9 Å². The van der Waals surface area contributed by atoms with Crippen LogP contribution in [0.3, 0.4) is 0 Å². The van der Waals surface area contributed by atoms with Gasteiger partial charge in [-0.2, -0.15) is 0 Å². The Hall–Kier alpha value is -0.870. The summed E-state index contributed by atoms with van der Waals surface area (Å²) in [6.07, 6.45) is -1.88. The maximum atomic E-state index is 11.9. The first-order chi connectivity index (χ1) is 10.8. The molecule has 2 rings (SSSR count). The van der Waals surface area contributed by atoms with Crippen molar-refractivity contribution in [1.29, 1.82) is 0 Å². The first-order valence-electron chi connectivity index (χ1n) is 6.93. The number of H-pyrrole nitrogens is 1. The number of aromatic amines is 1. The van der Waals surface area contributed by atoms with E-state index in [4.69, 9.17) is 25.8 Å². The second kappa shape index (κ2) is 7.35. The second-order valence-corrected chi connectivity index (χ2v) is 8.82. The summed E-state index contributed by atoms with van der Waals surface area (Å²) in [5.41, 5.74) is -1.22. The average molecular weight is 366 g/mol. The van der Waals surface area contributed by atoms with E-state index in [-0.39, 0.29) is 6.16 Å². The van der Waals surface area contributed by atoms with Gasteiger partial charge in [0.15, 0.2) is 12.7 Å². The molecule has 1 aromatic rings. The van der Waals surface area contributed by atoms with E-state index < -0.39 is 48.9 Å². The molecular formula is C12H19N2O7PS. The molecule has 5 atom stereocenters. The molecular weight excluding hydrogens is 347 g/mol. The lowest BCUT2D eigenvalue weighted by Gasteiger charge is -2.26. The molecule has 9 nitrogen and oxygen atoms in total. The molecule has 0 spiro atoms. The smallest absolute Gasteiger partial charge is 0.330 e. The largest absolute Gasteiger partial charge is 0.394 e. The molecule has 3 N–H and O–H groups in total. The fourth-order valence-electron chi connectivity index (χ4n) is 2.35. The van der Waals surface area contributed by atoms with Gasteiger partial charge in [0, 0.05) is 25.5 Å². The number of aromatic nitrogens is 2. The highest BCUT2D eigenvalue weighted by Crippen LogP contribution is 2.47. The molecule has 11 heteroatoms. The van der Waals surface area contributed by atoms with Crippen LogP contribution in [-0.4, -0.2) is 57.7 Å². The Morgan fingerprint density at radius 3 is 2.70 bits per heavy atom. The number of hydrogen-bond donors (Lipinski definition) is 3. The van der Waals surface area contributed by atoms with Crippen molar-refractivity contribution in [1.82, 2.24) is 9.55 Å². The number of aliphatic hydroxyl groups excluding tert-OH is 1. The van der Waals surface area contributed by atoms with Gasteiger partial charge in [-0.1, -0.05) is 6.92 Å². The molecule has 1 aliphatic heterocycles. The zero-order valence-electron chi connectivity index (χ0n) is 12.6. The highest BCUT2D eigenvalue weighted by Gasteiger charge is 2.48. The van der Waals surface area contributed by atoms with Crippen LogP contribution in [0.1, 0.15) is 13.2 Å². The summed E-state index contributed by atoms with van der Waals surface area (Å²) in [5, 5.41) is 9.49. The molecule has 0 radical (unpaired) electrons. The van der Waals surface area contributed by atoms with E-state index in [1.165, 1.54) is 19.4 Å². The van der Waals surface area contributed by atoms with Gasteiger partial charge in [0.1, 0.15) is 18.3 Å². The van der Waals surface area contributed by atoms with E-state index in [1.807, 2.05) is 0 Å². The van der Waals surface area contributed by atoms with Crippen molar-refractivity contribution in [3.05, 3.63) is 33.1 Å². The van der Waals surface area contributed by atoms with Crippen LogP contribution in [0.2, 0.25) is 0 Å². The van der Waals surface area contributed by atoms with Crippen LogP contribution >= 0.6 is 6.49 Å². The number of rotatable bonds is 6. The first kappa shape index (κ1) is 18.5. The van der Waals surface area contributed by atoms with Crippen LogP contribution in [0.4, 0.5) is 0 Å². The number of hydrogen-bond acceptors (Lipinski definition) is 7. The average Bonchev–Trinajstić information content (AvgIpc) is 2.84. The molecule has 0 aromatic carbocycles. The Labute approximate surface area is 137 Å². The third kappa shape index (κ3) is 3.97. The third-order valence-electron chi connectivity index (χ3n) is 3.55. The number of ether oxygens (including phenoxy) is 2. The highest BCUT2D eigenvalue weighted by molar-refractivity contribution is 8.09. The van der Waals surface area contributed by atoms with Crippen molar-refractivity contribution in [2.45, 2.75) is 31.5 Å². The Bertz CT molecular complexity index is 705. The Morgan fingerprint density at radius 2 is 2.17 bits per heavy atom. The summed E-state index contributed by atoms with van der Waals surface area (Å²) in [6.45, 7) is -1.76. The van der Waals surface area contributed by atoms with Gasteiger partial charge in [-0.15, -0.1) is 0 Å². The summed E-state index contributed by atoms with van der Waals surface area (Å²) in [6, 6.07) is 1.17. The van der Waals surface area contributed by atoms with Gasteiger partial charge in [-0.05, 0) is 11.8 Å². The quantitative estimate of drug-likeness (QED) is 0.557. The van der Waals surface area contributed by atoms with Gasteiger partial charge in [-0.25, -0.2) is 4.79 Å². The lowest BCUT2D eigenvalue weighted by Crippen LogP contribution is -2.39. The number of nitrogens with one attached hydrogen (secondary N) is 1. The van der Waals surface area contributed by atoms with Crippen molar-refractivity contribution in [2.24, 2.45) is 0 Å².